The number of ether oxygens (including phenoxy) is 1. The summed E-state index contributed by atoms with van der Waals surface area (Å²) >= 11 is 0. The van der Waals surface area contributed by atoms with E-state index >= 15 is 0 Å². The second-order valence-corrected chi connectivity index (χ2v) is 6.79. The molecule has 4 aromatic rings. The second kappa shape index (κ2) is 7.73. The smallest absolute Gasteiger partial charge is 0.497 e. The highest BCUT2D eigenvalue weighted by atomic mass is 16.6. The van der Waals surface area contributed by atoms with E-state index in [4.69, 9.17) is 19.0 Å². The van der Waals surface area contributed by atoms with Crippen LogP contribution in [0.25, 0.3) is 22.6 Å². The molecule has 0 aliphatic carbocycles. The molecule has 10 heteroatoms. The molecule has 150 valence electrons. The molecule has 30 heavy (non-hydrogen) atoms. The predicted molar refractivity (Wildman–Crippen MR) is 110 cm³/mol. The molecule has 0 N–H and O–H groups in total. The van der Waals surface area contributed by atoms with Crippen LogP contribution in [-0.4, -0.2) is 52.0 Å². The summed E-state index contributed by atoms with van der Waals surface area (Å²) in [6.07, 6.45) is 0. The van der Waals surface area contributed by atoms with E-state index in [1.807, 2.05) is 54.6 Å². The van der Waals surface area contributed by atoms with E-state index in [1.165, 1.54) is 4.48 Å². The minimum absolute atomic E-state index is 0.169. The Bertz CT molecular complexity index is 1230. The zero-order valence-corrected chi connectivity index (χ0v) is 16.3. The number of nitrogens with zero attached hydrogens (tertiary/aromatic N) is 5. The Kier molecular flexibility index (Phi) is 4.78. The Labute approximate surface area is 172 Å². The lowest BCUT2D eigenvalue weighted by molar-refractivity contribution is 0.360. The van der Waals surface area contributed by atoms with E-state index in [9.17, 15) is 4.79 Å². The summed E-state index contributed by atoms with van der Waals surface area (Å²) in [5, 5.41) is 8.27. The van der Waals surface area contributed by atoms with Crippen molar-refractivity contribution >= 4 is 18.4 Å². The highest BCUT2D eigenvalue weighted by molar-refractivity contribution is 6.43. The molecule has 0 amide bonds. The summed E-state index contributed by atoms with van der Waals surface area (Å²) in [6.45, 7) is 1.24. The Morgan fingerprint density at radius 2 is 1.80 bits per heavy atom. The van der Waals surface area contributed by atoms with Gasteiger partial charge in [0.2, 0.25) is 0 Å². The Morgan fingerprint density at radius 1 is 1.07 bits per heavy atom. The van der Waals surface area contributed by atoms with Crippen LogP contribution in [0, 0.1) is 0 Å². The van der Waals surface area contributed by atoms with Gasteiger partial charge in [0.1, 0.15) is 11.6 Å². The number of fused-ring (bicyclic) bond motifs is 1. The number of hydrogen-bond donors (Lipinski definition) is 0. The standard InChI is InChI=1S/C20H18BN5O4/c1-28-16-9-7-14(8-10-16)13-25-19-17(23-24-25)20(27)26(21-29-11-12-30-21)18(22-19)15-5-3-2-4-6-15/h2-10H,11-13H2,1H3. The van der Waals surface area contributed by atoms with Crippen LogP contribution in [-0.2, 0) is 15.9 Å². The van der Waals surface area contributed by atoms with Crippen LogP contribution < -0.4 is 10.3 Å². The molecule has 9 nitrogen and oxygen atoms in total. The molecular weight excluding hydrogens is 385 g/mol. The van der Waals surface area contributed by atoms with Crippen molar-refractivity contribution in [2.24, 2.45) is 0 Å². The summed E-state index contributed by atoms with van der Waals surface area (Å²) in [6, 6.07) is 17.1. The van der Waals surface area contributed by atoms with E-state index in [1.54, 1.807) is 11.8 Å². The van der Waals surface area contributed by atoms with Crippen molar-refractivity contribution in [3.63, 3.8) is 0 Å². The highest BCUT2D eigenvalue weighted by Crippen LogP contribution is 2.20. The molecule has 1 aliphatic rings. The maximum absolute atomic E-state index is 13.3. The van der Waals surface area contributed by atoms with E-state index in [0.717, 1.165) is 16.9 Å². The van der Waals surface area contributed by atoms with Crippen LogP contribution in [0.2, 0.25) is 0 Å². The van der Waals surface area contributed by atoms with Gasteiger partial charge in [-0.25, -0.2) is 9.67 Å². The molecule has 0 atom stereocenters. The van der Waals surface area contributed by atoms with Gasteiger partial charge in [0.05, 0.1) is 26.9 Å². The molecule has 0 bridgehead atoms. The second-order valence-electron chi connectivity index (χ2n) is 6.79. The third kappa shape index (κ3) is 3.25. The molecule has 2 aromatic carbocycles. The normalized spacial score (nSPS) is 13.8. The SMILES string of the molecule is COc1ccc(Cn2nnc3c(=O)n(B4OCCO4)c(-c4ccccc4)nc32)cc1. The Hall–Kier alpha value is -3.50. The van der Waals surface area contributed by atoms with Crippen molar-refractivity contribution in [3.05, 3.63) is 70.5 Å². The van der Waals surface area contributed by atoms with Gasteiger partial charge < -0.3 is 14.0 Å². The van der Waals surface area contributed by atoms with E-state index in [-0.39, 0.29) is 11.1 Å². The van der Waals surface area contributed by atoms with E-state index in [2.05, 4.69) is 10.3 Å². The predicted octanol–water partition coefficient (Wildman–Crippen LogP) is 1.59. The van der Waals surface area contributed by atoms with Gasteiger partial charge in [-0.3, -0.25) is 9.27 Å². The monoisotopic (exact) mass is 403 g/mol. The fraction of sp³-hybridized carbons (Fsp3) is 0.200. The summed E-state index contributed by atoms with van der Waals surface area (Å²) in [7, 11) is 0.786. The lowest BCUT2D eigenvalue weighted by Gasteiger charge is -2.14. The van der Waals surface area contributed by atoms with Crippen LogP contribution in [0.4, 0.5) is 0 Å². The number of benzene rings is 2. The van der Waals surface area contributed by atoms with Crippen molar-refractivity contribution in [2.45, 2.75) is 6.54 Å². The maximum atomic E-state index is 13.3. The average Bonchev–Trinajstić information content (AvgIpc) is 3.45. The zero-order valence-electron chi connectivity index (χ0n) is 16.3. The molecule has 0 spiro atoms. The number of aromatic nitrogens is 5. The molecule has 0 unspecified atom stereocenters. The van der Waals surface area contributed by atoms with Gasteiger partial charge >= 0.3 is 7.25 Å². The zero-order chi connectivity index (χ0) is 20.5. The third-order valence-electron chi connectivity index (χ3n) is 4.91. The molecule has 5 rings (SSSR count). The lowest BCUT2D eigenvalue weighted by Crippen LogP contribution is -2.38. The van der Waals surface area contributed by atoms with Gasteiger partial charge in [-0.15, -0.1) is 5.10 Å². The topological polar surface area (TPSA) is 93.3 Å². The molecular formula is C20H18BN5O4. The number of rotatable bonds is 5. The van der Waals surface area contributed by atoms with Crippen molar-refractivity contribution in [1.29, 1.82) is 0 Å². The summed E-state index contributed by atoms with van der Waals surface area (Å²) in [5.41, 5.74) is 1.98. The van der Waals surface area contributed by atoms with Crippen molar-refractivity contribution in [3.8, 4) is 17.1 Å². The summed E-state index contributed by atoms with van der Waals surface area (Å²) in [5.74, 6) is 1.21. The van der Waals surface area contributed by atoms with Gasteiger partial charge in [0.15, 0.2) is 11.2 Å². The molecule has 0 radical (unpaired) electrons. The van der Waals surface area contributed by atoms with Gasteiger partial charge in [-0.2, -0.15) is 0 Å². The fourth-order valence-corrected chi connectivity index (χ4v) is 3.41. The fourth-order valence-electron chi connectivity index (χ4n) is 3.41. The summed E-state index contributed by atoms with van der Waals surface area (Å²) in [4.78, 5) is 18.0. The van der Waals surface area contributed by atoms with Crippen LogP contribution in [0.1, 0.15) is 5.56 Å². The first-order valence-electron chi connectivity index (χ1n) is 9.52. The Morgan fingerprint density at radius 3 is 2.50 bits per heavy atom. The van der Waals surface area contributed by atoms with E-state index < -0.39 is 7.25 Å². The minimum Gasteiger partial charge on any atom is -0.497 e. The maximum Gasteiger partial charge on any atom is 0.601 e. The van der Waals surface area contributed by atoms with Gasteiger partial charge in [-0.1, -0.05) is 47.7 Å². The molecule has 1 fully saturated rings. The molecule has 3 heterocycles. The quantitative estimate of drug-likeness (QED) is 0.467. The van der Waals surface area contributed by atoms with Crippen molar-refractivity contribution in [1.82, 2.24) is 24.5 Å². The molecule has 0 saturated carbocycles. The first-order chi connectivity index (χ1) is 14.7. The average molecular weight is 403 g/mol. The molecule has 1 saturated heterocycles. The van der Waals surface area contributed by atoms with Crippen LogP contribution in [0.5, 0.6) is 5.75 Å². The number of hydrogen-bond acceptors (Lipinski definition) is 7. The lowest BCUT2D eigenvalue weighted by atomic mass is 10.1. The van der Waals surface area contributed by atoms with Gasteiger partial charge in [0.25, 0.3) is 5.56 Å². The largest absolute Gasteiger partial charge is 0.601 e. The summed E-state index contributed by atoms with van der Waals surface area (Å²) < 4.78 is 19.4. The highest BCUT2D eigenvalue weighted by Gasteiger charge is 2.33. The van der Waals surface area contributed by atoms with Gasteiger partial charge in [-0.05, 0) is 17.7 Å². The van der Waals surface area contributed by atoms with Crippen LogP contribution in [0.15, 0.2) is 59.4 Å². The minimum atomic E-state index is -0.837. The first kappa shape index (κ1) is 18.5. The van der Waals surface area contributed by atoms with Gasteiger partial charge in [0, 0.05) is 5.56 Å². The third-order valence-corrected chi connectivity index (χ3v) is 4.91. The van der Waals surface area contributed by atoms with E-state index in [0.29, 0.717) is 31.2 Å². The van der Waals surface area contributed by atoms with Crippen LogP contribution >= 0.6 is 0 Å². The molecule has 2 aromatic heterocycles. The van der Waals surface area contributed by atoms with Crippen molar-refractivity contribution < 1.29 is 14.0 Å². The molecule has 1 aliphatic heterocycles. The Balaban J connectivity index is 1.65. The van der Waals surface area contributed by atoms with Crippen LogP contribution in [0.3, 0.4) is 0 Å². The number of methoxy groups -OCH3 is 1. The van der Waals surface area contributed by atoms with Crippen molar-refractivity contribution in [2.75, 3.05) is 20.3 Å². The first-order valence-corrected chi connectivity index (χ1v) is 9.52.